The Labute approximate surface area is 183 Å². The van der Waals surface area contributed by atoms with E-state index in [2.05, 4.69) is 5.32 Å². The summed E-state index contributed by atoms with van der Waals surface area (Å²) in [5.41, 5.74) is 2.96. The number of methoxy groups -OCH3 is 1. The number of ether oxygens (including phenoxy) is 1. The van der Waals surface area contributed by atoms with Crippen molar-refractivity contribution in [2.24, 2.45) is 0 Å². The average Bonchev–Trinajstić information content (AvgIpc) is 2.78. The Balaban J connectivity index is 1.90. The van der Waals surface area contributed by atoms with E-state index in [9.17, 15) is 13.2 Å². The molecule has 0 spiro atoms. The Kier molecular flexibility index (Phi) is 6.97. The third kappa shape index (κ3) is 5.24. The van der Waals surface area contributed by atoms with Crippen LogP contribution in [0.5, 0.6) is 5.75 Å². The van der Waals surface area contributed by atoms with Crippen LogP contribution in [0.1, 0.15) is 16.7 Å². The lowest BCUT2D eigenvalue weighted by Gasteiger charge is -2.26. The first-order valence-electron chi connectivity index (χ1n) is 9.86. The van der Waals surface area contributed by atoms with Gasteiger partial charge in [0.1, 0.15) is 12.3 Å². The van der Waals surface area contributed by atoms with E-state index in [-0.39, 0.29) is 18.0 Å². The Morgan fingerprint density at radius 3 is 2.35 bits per heavy atom. The molecule has 1 amide bonds. The molecular formula is C24H26N2O4S. The molecule has 0 bridgehead atoms. The van der Waals surface area contributed by atoms with Gasteiger partial charge in [0.2, 0.25) is 5.91 Å². The highest BCUT2D eigenvalue weighted by Gasteiger charge is 2.28. The average molecular weight is 439 g/mol. The first-order chi connectivity index (χ1) is 14.8. The number of benzene rings is 3. The molecule has 0 heterocycles. The minimum absolute atomic E-state index is 0.133. The fourth-order valence-electron chi connectivity index (χ4n) is 3.24. The molecular weight excluding hydrogens is 412 g/mol. The molecule has 3 aromatic carbocycles. The second-order valence-electron chi connectivity index (χ2n) is 7.20. The summed E-state index contributed by atoms with van der Waals surface area (Å²) in [6, 6.07) is 21.0. The highest BCUT2D eigenvalue weighted by atomic mass is 32.2. The zero-order valence-electron chi connectivity index (χ0n) is 17.8. The Hall–Kier alpha value is -3.32. The number of aryl methyl sites for hydroxylation is 2. The van der Waals surface area contributed by atoms with Crippen molar-refractivity contribution in [1.82, 2.24) is 5.32 Å². The molecule has 1 N–H and O–H groups in total. The van der Waals surface area contributed by atoms with Crippen LogP contribution < -0.4 is 14.4 Å². The molecule has 0 unspecified atom stereocenters. The normalized spacial score (nSPS) is 11.1. The van der Waals surface area contributed by atoms with Gasteiger partial charge in [-0.3, -0.25) is 9.10 Å². The first-order valence-corrected chi connectivity index (χ1v) is 11.3. The highest BCUT2D eigenvalue weighted by molar-refractivity contribution is 7.92. The molecule has 0 aliphatic rings. The number of hydrogen-bond donors (Lipinski definition) is 1. The number of sulfonamides is 1. The van der Waals surface area contributed by atoms with Crippen molar-refractivity contribution in [2.45, 2.75) is 25.3 Å². The van der Waals surface area contributed by atoms with Gasteiger partial charge in [0.15, 0.2) is 0 Å². The van der Waals surface area contributed by atoms with E-state index in [0.717, 1.165) is 16.7 Å². The van der Waals surface area contributed by atoms with Crippen molar-refractivity contribution in [3.05, 3.63) is 89.5 Å². The summed E-state index contributed by atoms with van der Waals surface area (Å²) in [6.07, 6.45) is 0. The van der Waals surface area contributed by atoms with Crippen LogP contribution >= 0.6 is 0 Å². The van der Waals surface area contributed by atoms with Crippen molar-refractivity contribution in [2.75, 3.05) is 18.0 Å². The predicted octanol–water partition coefficient (Wildman–Crippen LogP) is 3.82. The number of nitrogens with one attached hydrogen (secondary N) is 1. The van der Waals surface area contributed by atoms with Crippen LogP contribution in [0.4, 0.5) is 5.69 Å². The zero-order valence-corrected chi connectivity index (χ0v) is 18.6. The molecule has 0 saturated heterocycles. The third-order valence-corrected chi connectivity index (χ3v) is 6.69. The van der Waals surface area contributed by atoms with Gasteiger partial charge in [-0.2, -0.15) is 0 Å². The SMILES string of the molecule is COc1ccccc1CNC(=O)CN(c1cc(C)ccc1C)S(=O)(=O)c1ccccc1. The lowest BCUT2D eigenvalue weighted by atomic mass is 10.1. The van der Waals surface area contributed by atoms with Crippen LogP contribution in [0.25, 0.3) is 0 Å². The van der Waals surface area contributed by atoms with Crippen molar-refractivity contribution >= 4 is 21.6 Å². The molecule has 0 radical (unpaired) electrons. The molecule has 162 valence electrons. The summed E-state index contributed by atoms with van der Waals surface area (Å²) in [6.45, 7) is 3.61. The number of hydrogen-bond acceptors (Lipinski definition) is 4. The second-order valence-corrected chi connectivity index (χ2v) is 9.07. The van der Waals surface area contributed by atoms with Gasteiger partial charge in [-0.15, -0.1) is 0 Å². The minimum Gasteiger partial charge on any atom is -0.496 e. The fourth-order valence-corrected chi connectivity index (χ4v) is 4.74. The Bertz CT molecular complexity index is 1160. The fraction of sp³-hybridized carbons (Fsp3) is 0.208. The summed E-state index contributed by atoms with van der Waals surface area (Å²) in [4.78, 5) is 12.9. The lowest BCUT2D eigenvalue weighted by Crippen LogP contribution is -2.41. The number of amides is 1. The van der Waals surface area contributed by atoms with Crippen LogP contribution in [0.15, 0.2) is 77.7 Å². The van der Waals surface area contributed by atoms with Gasteiger partial charge >= 0.3 is 0 Å². The van der Waals surface area contributed by atoms with E-state index in [1.54, 1.807) is 31.4 Å². The van der Waals surface area contributed by atoms with Gasteiger partial charge in [-0.25, -0.2) is 8.42 Å². The van der Waals surface area contributed by atoms with Crippen LogP contribution in [0, 0.1) is 13.8 Å². The van der Waals surface area contributed by atoms with Crippen molar-refractivity contribution in [3.63, 3.8) is 0 Å². The summed E-state index contributed by atoms with van der Waals surface area (Å²) in [5.74, 6) is 0.248. The standard InChI is InChI=1S/C24H26N2O4S/c1-18-13-14-19(2)22(15-18)26(31(28,29)21-10-5-4-6-11-21)17-24(27)25-16-20-9-7-8-12-23(20)30-3/h4-15H,16-17H2,1-3H3,(H,25,27). The third-order valence-electron chi connectivity index (χ3n) is 4.92. The van der Waals surface area contributed by atoms with E-state index in [1.807, 2.05) is 50.2 Å². The summed E-state index contributed by atoms with van der Waals surface area (Å²) in [7, 11) is -2.37. The van der Waals surface area contributed by atoms with Gasteiger partial charge < -0.3 is 10.1 Å². The Morgan fingerprint density at radius 2 is 1.65 bits per heavy atom. The summed E-state index contributed by atoms with van der Waals surface area (Å²) in [5, 5.41) is 2.81. The molecule has 0 fully saturated rings. The quantitative estimate of drug-likeness (QED) is 0.580. The van der Waals surface area contributed by atoms with E-state index in [0.29, 0.717) is 11.4 Å². The molecule has 0 aliphatic carbocycles. The van der Waals surface area contributed by atoms with Crippen LogP contribution in [0.2, 0.25) is 0 Å². The molecule has 6 nitrogen and oxygen atoms in total. The van der Waals surface area contributed by atoms with Crippen LogP contribution in [0.3, 0.4) is 0 Å². The highest BCUT2D eigenvalue weighted by Crippen LogP contribution is 2.27. The maximum Gasteiger partial charge on any atom is 0.264 e. The second kappa shape index (κ2) is 9.66. The number of rotatable bonds is 8. The van der Waals surface area contributed by atoms with E-state index < -0.39 is 15.9 Å². The van der Waals surface area contributed by atoms with Crippen molar-refractivity contribution < 1.29 is 17.9 Å². The maximum absolute atomic E-state index is 13.4. The Morgan fingerprint density at radius 1 is 0.968 bits per heavy atom. The van der Waals surface area contributed by atoms with E-state index in [4.69, 9.17) is 4.74 Å². The minimum atomic E-state index is -3.94. The smallest absolute Gasteiger partial charge is 0.264 e. The summed E-state index contributed by atoms with van der Waals surface area (Å²) >= 11 is 0. The van der Waals surface area contributed by atoms with Gasteiger partial charge in [0, 0.05) is 12.1 Å². The monoisotopic (exact) mass is 438 g/mol. The molecule has 0 aromatic heterocycles. The van der Waals surface area contributed by atoms with Crippen molar-refractivity contribution in [3.8, 4) is 5.75 Å². The zero-order chi connectivity index (χ0) is 22.4. The van der Waals surface area contributed by atoms with Gasteiger partial charge in [0.25, 0.3) is 10.0 Å². The summed E-state index contributed by atoms with van der Waals surface area (Å²) < 4.78 is 33.3. The van der Waals surface area contributed by atoms with Crippen LogP contribution in [-0.4, -0.2) is 28.0 Å². The topological polar surface area (TPSA) is 75.7 Å². The van der Waals surface area contributed by atoms with Crippen LogP contribution in [-0.2, 0) is 21.4 Å². The maximum atomic E-state index is 13.4. The van der Waals surface area contributed by atoms with E-state index >= 15 is 0 Å². The molecule has 7 heteroatoms. The lowest BCUT2D eigenvalue weighted by molar-refractivity contribution is -0.119. The number of carbonyl (C=O) groups is 1. The number of carbonyl (C=O) groups excluding carboxylic acids is 1. The van der Waals surface area contributed by atoms with Gasteiger partial charge in [-0.05, 0) is 49.2 Å². The molecule has 3 rings (SSSR count). The number of para-hydroxylation sites is 1. The number of anilines is 1. The number of nitrogens with zero attached hydrogens (tertiary/aromatic N) is 1. The first kappa shape index (κ1) is 22.4. The molecule has 0 aliphatic heterocycles. The molecule has 0 atom stereocenters. The van der Waals surface area contributed by atoms with Gasteiger partial charge in [0.05, 0.1) is 17.7 Å². The largest absolute Gasteiger partial charge is 0.496 e. The molecule has 31 heavy (non-hydrogen) atoms. The van der Waals surface area contributed by atoms with E-state index in [1.165, 1.54) is 16.4 Å². The van der Waals surface area contributed by atoms with Crippen molar-refractivity contribution in [1.29, 1.82) is 0 Å². The van der Waals surface area contributed by atoms with Gasteiger partial charge in [-0.1, -0.05) is 48.5 Å². The molecule has 3 aromatic rings. The molecule has 0 saturated carbocycles. The predicted molar refractivity (Wildman–Crippen MR) is 122 cm³/mol.